The number of aryl methyl sites for hydroxylation is 1. The Labute approximate surface area is 159 Å². The number of aromatic amines is 1. The summed E-state index contributed by atoms with van der Waals surface area (Å²) in [5.41, 5.74) is 4.54. The molecule has 27 heavy (non-hydrogen) atoms. The summed E-state index contributed by atoms with van der Waals surface area (Å²) in [7, 11) is 2.11. The number of rotatable bonds is 5. The van der Waals surface area contributed by atoms with Gasteiger partial charge < -0.3 is 10.0 Å². The van der Waals surface area contributed by atoms with Crippen LogP contribution in [0.15, 0.2) is 36.5 Å². The third-order valence-corrected chi connectivity index (χ3v) is 5.16. The minimum atomic E-state index is -0.273. The Morgan fingerprint density at radius 3 is 2.93 bits per heavy atom. The molecule has 0 spiro atoms. The molecule has 0 bridgehead atoms. The Morgan fingerprint density at radius 2 is 2.15 bits per heavy atom. The van der Waals surface area contributed by atoms with Crippen molar-refractivity contribution < 1.29 is 5.11 Å². The molecular weight excluding hydrogens is 338 g/mol. The third-order valence-electron chi connectivity index (χ3n) is 5.16. The molecule has 4 rings (SSSR count). The quantitative estimate of drug-likeness (QED) is 0.728. The Hall–Kier alpha value is -2.44. The number of pyridine rings is 1. The summed E-state index contributed by atoms with van der Waals surface area (Å²) in [6.45, 7) is 5.30. The minimum absolute atomic E-state index is 0.273. The Balaban J connectivity index is 1.67. The Kier molecular flexibility index (Phi) is 5.09. The number of hydrogen-bond donors (Lipinski definition) is 2. The molecule has 1 aliphatic heterocycles. The van der Waals surface area contributed by atoms with Crippen LogP contribution in [0.1, 0.15) is 29.7 Å². The molecule has 1 aromatic carbocycles. The number of anilines is 1. The van der Waals surface area contributed by atoms with E-state index in [1.807, 2.05) is 6.07 Å². The van der Waals surface area contributed by atoms with E-state index in [0.29, 0.717) is 6.54 Å². The highest BCUT2D eigenvalue weighted by Crippen LogP contribution is 2.28. The average molecular weight is 365 g/mol. The molecule has 142 valence electrons. The van der Waals surface area contributed by atoms with Crippen LogP contribution in [0.4, 0.5) is 5.82 Å². The van der Waals surface area contributed by atoms with Crippen molar-refractivity contribution in [3.8, 4) is 0 Å². The second-order valence-corrected chi connectivity index (χ2v) is 7.66. The maximum absolute atomic E-state index is 10.1. The fraction of sp³-hybridized carbons (Fsp3) is 0.429. The van der Waals surface area contributed by atoms with Crippen molar-refractivity contribution in [2.75, 3.05) is 25.0 Å². The molecule has 6 nitrogen and oxygen atoms in total. The molecule has 1 saturated heterocycles. The lowest BCUT2D eigenvalue weighted by molar-refractivity contribution is 0.153. The van der Waals surface area contributed by atoms with Crippen LogP contribution in [0.3, 0.4) is 0 Å². The molecule has 2 aromatic heterocycles. The molecule has 0 saturated carbocycles. The number of nitrogens with zero attached hydrogens (tertiary/aromatic N) is 4. The molecule has 3 heterocycles. The van der Waals surface area contributed by atoms with Crippen molar-refractivity contribution in [3.05, 3.63) is 53.3 Å². The lowest BCUT2D eigenvalue weighted by Crippen LogP contribution is -2.39. The first-order valence-electron chi connectivity index (χ1n) is 9.58. The zero-order valence-corrected chi connectivity index (χ0v) is 16.0. The number of piperidine rings is 1. The van der Waals surface area contributed by atoms with Crippen LogP contribution < -0.4 is 4.90 Å². The molecule has 0 amide bonds. The molecule has 0 aliphatic carbocycles. The van der Waals surface area contributed by atoms with E-state index in [-0.39, 0.29) is 6.10 Å². The molecular formula is C21H27N5O. The predicted octanol–water partition coefficient (Wildman–Crippen LogP) is 2.86. The number of hydrogen-bond acceptors (Lipinski definition) is 5. The smallest absolute Gasteiger partial charge is 0.133 e. The van der Waals surface area contributed by atoms with Gasteiger partial charge in [-0.2, -0.15) is 5.10 Å². The van der Waals surface area contributed by atoms with Crippen LogP contribution >= 0.6 is 0 Å². The Morgan fingerprint density at radius 1 is 1.26 bits per heavy atom. The molecule has 1 aliphatic rings. The van der Waals surface area contributed by atoms with E-state index in [1.54, 1.807) is 6.20 Å². The van der Waals surface area contributed by atoms with Gasteiger partial charge in [0, 0.05) is 49.0 Å². The predicted molar refractivity (Wildman–Crippen MR) is 108 cm³/mol. The van der Waals surface area contributed by atoms with Crippen LogP contribution in [0.25, 0.3) is 10.9 Å². The van der Waals surface area contributed by atoms with Gasteiger partial charge in [0.25, 0.3) is 0 Å². The van der Waals surface area contributed by atoms with E-state index in [0.717, 1.165) is 49.5 Å². The number of benzene rings is 1. The van der Waals surface area contributed by atoms with Crippen LogP contribution in [-0.4, -0.2) is 51.4 Å². The van der Waals surface area contributed by atoms with Gasteiger partial charge in [-0.25, -0.2) is 4.98 Å². The largest absolute Gasteiger partial charge is 0.391 e. The van der Waals surface area contributed by atoms with Gasteiger partial charge in [0.1, 0.15) is 5.82 Å². The number of β-amino-alcohol motifs (C(OH)–C–C–N with tert-alkyl or cyclic N) is 1. The molecule has 1 atom stereocenters. The van der Waals surface area contributed by atoms with E-state index in [9.17, 15) is 5.11 Å². The lowest BCUT2D eigenvalue weighted by atomic mass is 10.1. The van der Waals surface area contributed by atoms with Crippen molar-refractivity contribution in [2.45, 2.75) is 39.0 Å². The van der Waals surface area contributed by atoms with Gasteiger partial charge in [0.15, 0.2) is 0 Å². The van der Waals surface area contributed by atoms with Gasteiger partial charge in [0.2, 0.25) is 0 Å². The summed E-state index contributed by atoms with van der Waals surface area (Å²) in [4.78, 5) is 9.50. The number of H-pyrrole nitrogens is 1. The zero-order chi connectivity index (χ0) is 18.8. The first-order valence-corrected chi connectivity index (χ1v) is 9.58. The van der Waals surface area contributed by atoms with Crippen molar-refractivity contribution >= 4 is 16.7 Å². The molecule has 6 heteroatoms. The van der Waals surface area contributed by atoms with E-state index in [2.05, 4.69) is 58.2 Å². The first-order chi connectivity index (χ1) is 13.1. The van der Waals surface area contributed by atoms with Crippen LogP contribution in [-0.2, 0) is 13.1 Å². The van der Waals surface area contributed by atoms with Crippen molar-refractivity contribution in [2.24, 2.45) is 0 Å². The molecule has 2 N–H and O–H groups in total. The number of nitrogens with one attached hydrogen (secondary N) is 1. The summed E-state index contributed by atoms with van der Waals surface area (Å²) >= 11 is 0. The fourth-order valence-electron chi connectivity index (χ4n) is 3.88. The van der Waals surface area contributed by atoms with Crippen molar-refractivity contribution in [1.82, 2.24) is 20.1 Å². The normalized spacial score (nSPS) is 17.8. The number of aromatic nitrogens is 3. The summed E-state index contributed by atoms with van der Waals surface area (Å²) in [6, 6.07) is 10.6. The van der Waals surface area contributed by atoms with Gasteiger partial charge >= 0.3 is 0 Å². The topological polar surface area (TPSA) is 68.3 Å². The number of aliphatic hydroxyl groups is 1. The second-order valence-electron chi connectivity index (χ2n) is 7.66. The number of aliphatic hydroxyl groups excluding tert-OH is 1. The fourth-order valence-corrected chi connectivity index (χ4v) is 3.88. The van der Waals surface area contributed by atoms with Gasteiger partial charge in [-0.1, -0.05) is 11.6 Å². The van der Waals surface area contributed by atoms with Gasteiger partial charge in [0.05, 0.1) is 11.6 Å². The summed E-state index contributed by atoms with van der Waals surface area (Å²) in [5, 5.41) is 18.4. The number of fused-ring (bicyclic) bond motifs is 1. The van der Waals surface area contributed by atoms with E-state index in [1.165, 1.54) is 16.5 Å². The standard InChI is InChI=1S/C21H27N5O/c1-15-5-6-20-16(10-15)11-17(12-25(2)13-18-7-8-22-24-18)21(23-20)26-9-3-4-19(27)14-26/h5-8,10-11,19,27H,3-4,9,12-14H2,1-2H3,(H,22,24). The van der Waals surface area contributed by atoms with Crippen LogP contribution in [0.2, 0.25) is 0 Å². The van der Waals surface area contributed by atoms with Crippen molar-refractivity contribution in [3.63, 3.8) is 0 Å². The van der Waals surface area contributed by atoms with E-state index >= 15 is 0 Å². The van der Waals surface area contributed by atoms with E-state index in [4.69, 9.17) is 4.98 Å². The Bertz CT molecular complexity index is 908. The van der Waals surface area contributed by atoms with Gasteiger partial charge in [-0.15, -0.1) is 0 Å². The first kappa shape index (κ1) is 17.9. The van der Waals surface area contributed by atoms with Gasteiger partial charge in [-0.05, 0) is 51.1 Å². The summed E-state index contributed by atoms with van der Waals surface area (Å²) < 4.78 is 0. The SMILES string of the molecule is Cc1ccc2nc(N3CCCC(O)C3)c(CN(C)Cc3ccn[nH]3)cc2c1. The van der Waals surface area contributed by atoms with Gasteiger partial charge in [-0.3, -0.25) is 10.00 Å². The summed E-state index contributed by atoms with van der Waals surface area (Å²) in [6.07, 6.45) is 3.38. The van der Waals surface area contributed by atoms with E-state index < -0.39 is 0 Å². The molecule has 1 fully saturated rings. The minimum Gasteiger partial charge on any atom is -0.391 e. The molecule has 3 aromatic rings. The lowest BCUT2D eigenvalue weighted by Gasteiger charge is -2.33. The zero-order valence-electron chi connectivity index (χ0n) is 16.0. The highest BCUT2D eigenvalue weighted by molar-refractivity contribution is 5.82. The third kappa shape index (κ3) is 4.12. The average Bonchev–Trinajstić information content (AvgIpc) is 3.14. The highest BCUT2D eigenvalue weighted by Gasteiger charge is 2.22. The van der Waals surface area contributed by atoms with Crippen LogP contribution in [0, 0.1) is 6.92 Å². The molecule has 0 radical (unpaired) electrons. The summed E-state index contributed by atoms with van der Waals surface area (Å²) in [5.74, 6) is 1.00. The van der Waals surface area contributed by atoms with Crippen LogP contribution in [0.5, 0.6) is 0 Å². The monoisotopic (exact) mass is 365 g/mol. The maximum Gasteiger partial charge on any atom is 0.133 e. The maximum atomic E-state index is 10.1. The second kappa shape index (κ2) is 7.66. The van der Waals surface area contributed by atoms with Crippen molar-refractivity contribution in [1.29, 1.82) is 0 Å². The highest BCUT2D eigenvalue weighted by atomic mass is 16.3. The molecule has 1 unspecified atom stereocenters.